The second-order valence-corrected chi connectivity index (χ2v) is 6.32. The molecule has 0 radical (unpaired) electrons. The van der Waals surface area contributed by atoms with Crippen molar-refractivity contribution < 1.29 is 4.74 Å². The Labute approximate surface area is 130 Å². The topological polar surface area (TPSA) is 21.3 Å². The zero-order valence-electron chi connectivity index (χ0n) is 13.6. The van der Waals surface area contributed by atoms with Crippen LogP contribution in [0.1, 0.15) is 63.9 Å². The highest BCUT2D eigenvalue weighted by Crippen LogP contribution is 2.28. The lowest BCUT2D eigenvalue weighted by Gasteiger charge is -2.10. The monoisotopic (exact) mass is 289 g/mol. The van der Waals surface area contributed by atoms with Gasteiger partial charge in [-0.05, 0) is 49.4 Å². The predicted octanol–water partition coefficient (Wildman–Crippen LogP) is 4.93. The van der Waals surface area contributed by atoms with E-state index in [4.69, 9.17) is 4.74 Å². The SMILES string of the molecule is CCCCOc1ccc(CNCCCC2CCCC2)cc1. The third-order valence-electron chi connectivity index (χ3n) is 4.46. The molecule has 1 aliphatic rings. The van der Waals surface area contributed by atoms with Gasteiger partial charge in [0.15, 0.2) is 0 Å². The lowest BCUT2D eigenvalue weighted by molar-refractivity contribution is 0.309. The predicted molar refractivity (Wildman–Crippen MR) is 89.7 cm³/mol. The zero-order chi connectivity index (χ0) is 14.8. The minimum Gasteiger partial charge on any atom is -0.494 e. The van der Waals surface area contributed by atoms with Gasteiger partial charge in [-0.15, -0.1) is 0 Å². The summed E-state index contributed by atoms with van der Waals surface area (Å²) in [6.45, 7) is 5.13. The molecule has 2 nitrogen and oxygen atoms in total. The van der Waals surface area contributed by atoms with E-state index in [1.165, 1.54) is 50.5 Å². The lowest BCUT2D eigenvalue weighted by Crippen LogP contribution is -2.15. The molecular formula is C19H31NO. The van der Waals surface area contributed by atoms with Crippen LogP contribution < -0.4 is 10.1 Å². The van der Waals surface area contributed by atoms with Crippen LogP contribution in [0.25, 0.3) is 0 Å². The van der Waals surface area contributed by atoms with Gasteiger partial charge in [0.2, 0.25) is 0 Å². The molecule has 1 aromatic carbocycles. The molecule has 1 saturated carbocycles. The van der Waals surface area contributed by atoms with Gasteiger partial charge in [0, 0.05) is 6.54 Å². The van der Waals surface area contributed by atoms with Crippen molar-refractivity contribution in [1.29, 1.82) is 0 Å². The number of benzene rings is 1. The number of ether oxygens (including phenoxy) is 1. The molecule has 1 N–H and O–H groups in total. The van der Waals surface area contributed by atoms with Crippen LogP contribution in [0.3, 0.4) is 0 Å². The van der Waals surface area contributed by atoms with Crippen molar-refractivity contribution in [2.75, 3.05) is 13.2 Å². The molecule has 0 bridgehead atoms. The highest BCUT2D eigenvalue weighted by Gasteiger charge is 2.13. The summed E-state index contributed by atoms with van der Waals surface area (Å²) in [6, 6.07) is 8.52. The van der Waals surface area contributed by atoms with Gasteiger partial charge in [-0.1, -0.05) is 51.2 Å². The van der Waals surface area contributed by atoms with Crippen LogP contribution in [-0.4, -0.2) is 13.2 Å². The second kappa shape index (κ2) is 9.83. The Kier molecular flexibility index (Phi) is 7.66. The Morgan fingerprint density at radius 2 is 1.86 bits per heavy atom. The van der Waals surface area contributed by atoms with Gasteiger partial charge in [-0.25, -0.2) is 0 Å². The summed E-state index contributed by atoms with van der Waals surface area (Å²) < 4.78 is 5.68. The van der Waals surface area contributed by atoms with Gasteiger partial charge >= 0.3 is 0 Å². The highest BCUT2D eigenvalue weighted by atomic mass is 16.5. The van der Waals surface area contributed by atoms with Crippen LogP contribution in [0.15, 0.2) is 24.3 Å². The third kappa shape index (κ3) is 6.52. The Morgan fingerprint density at radius 3 is 2.57 bits per heavy atom. The molecule has 1 aromatic rings. The molecule has 0 saturated heterocycles. The van der Waals surface area contributed by atoms with Crippen molar-refractivity contribution in [3.8, 4) is 5.75 Å². The standard InChI is InChI=1S/C19H31NO/c1-2-3-15-21-19-12-10-18(11-13-19)16-20-14-6-9-17-7-4-5-8-17/h10-13,17,20H,2-9,14-16H2,1H3. The maximum absolute atomic E-state index is 5.68. The number of unbranched alkanes of at least 4 members (excludes halogenated alkanes) is 1. The Bertz CT molecular complexity index is 368. The van der Waals surface area contributed by atoms with Gasteiger partial charge in [-0.2, -0.15) is 0 Å². The van der Waals surface area contributed by atoms with E-state index < -0.39 is 0 Å². The molecule has 0 atom stereocenters. The highest BCUT2D eigenvalue weighted by molar-refractivity contribution is 5.27. The molecule has 21 heavy (non-hydrogen) atoms. The van der Waals surface area contributed by atoms with Crippen LogP contribution >= 0.6 is 0 Å². The van der Waals surface area contributed by atoms with Gasteiger partial charge in [0.05, 0.1) is 6.61 Å². The largest absolute Gasteiger partial charge is 0.494 e. The molecule has 2 rings (SSSR count). The Hall–Kier alpha value is -1.02. The van der Waals surface area contributed by atoms with Crippen LogP contribution in [0.4, 0.5) is 0 Å². The fourth-order valence-electron chi connectivity index (χ4n) is 3.09. The number of hydrogen-bond acceptors (Lipinski definition) is 2. The Morgan fingerprint density at radius 1 is 1.10 bits per heavy atom. The van der Waals surface area contributed by atoms with Crippen molar-refractivity contribution >= 4 is 0 Å². The summed E-state index contributed by atoms with van der Waals surface area (Å²) in [5, 5.41) is 3.56. The fraction of sp³-hybridized carbons (Fsp3) is 0.684. The minimum atomic E-state index is 0.829. The van der Waals surface area contributed by atoms with Gasteiger partial charge < -0.3 is 10.1 Å². The molecule has 2 heteroatoms. The first-order valence-electron chi connectivity index (χ1n) is 8.81. The maximum atomic E-state index is 5.68. The van der Waals surface area contributed by atoms with E-state index in [-0.39, 0.29) is 0 Å². The smallest absolute Gasteiger partial charge is 0.119 e. The van der Waals surface area contributed by atoms with Crippen molar-refractivity contribution in [3.05, 3.63) is 29.8 Å². The second-order valence-electron chi connectivity index (χ2n) is 6.32. The van der Waals surface area contributed by atoms with E-state index >= 15 is 0 Å². The quantitative estimate of drug-likeness (QED) is 0.617. The molecule has 118 valence electrons. The summed E-state index contributed by atoms with van der Waals surface area (Å²) in [5.41, 5.74) is 1.35. The average molecular weight is 289 g/mol. The summed E-state index contributed by atoms with van der Waals surface area (Å²) in [6.07, 6.45) is 10.9. The maximum Gasteiger partial charge on any atom is 0.119 e. The van der Waals surface area contributed by atoms with Gasteiger partial charge in [0.1, 0.15) is 5.75 Å². The van der Waals surface area contributed by atoms with Crippen molar-refractivity contribution in [3.63, 3.8) is 0 Å². The van der Waals surface area contributed by atoms with Crippen molar-refractivity contribution in [2.24, 2.45) is 5.92 Å². The molecule has 0 spiro atoms. The van der Waals surface area contributed by atoms with Crippen LogP contribution in [0, 0.1) is 5.92 Å². The molecule has 0 aromatic heterocycles. The van der Waals surface area contributed by atoms with Crippen molar-refractivity contribution in [1.82, 2.24) is 5.32 Å². The summed E-state index contributed by atoms with van der Waals surface area (Å²) >= 11 is 0. The molecule has 0 aliphatic heterocycles. The van der Waals surface area contributed by atoms with E-state index in [1.807, 2.05) is 0 Å². The van der Waals surface area contributed by atoms with Gasteiger partial charge in [0.25, 0.3) is 0 Å². The van der Waals surface area contributed by atoms with E-state index in [1.54, 1.807) is 0 Å². The molecular weight excluding hydrogens is 258 g/mol. The van der Waals surface area contributed by atoms with Crippen LogP contribution in [0.5, 0.6) is 5.75 Å². The third-order valence-corrected chi connectivity index (χ3v) is 4.46. The Balaban J connectivity index is 1.55. The first kappa shape index (κ1) is 16.4. The molecule has 0 heterocycles. The fourth-order valence-corrected chi connectivity index (χ4v) is 3.09. The lowest BCUT2D eigenvalue weighted by atomic mass is 10.0. The normalized spacial score (nSPS) is 15.5. The van der Waals surface area contributed by atoms with E-state index in [2.05, 4.69) is 36.5 Å². The first-order chi connectivity index (χ1) is 10.4. The summed E-state index contributed by atoms with van der Waals surface area (Å²) in [4.78, 5) is 0. The first-order valence-corrected chi connectivity index (χ1v) is 8.81. The number of nitrogens with one attached hydrogen (secondary N) is 1. The number of rotatable bonds is 10. The number of hydrogen-bond donors (Lipinski definition) is 1. The van der Waals surface area contributed by atoms with Crippen LogP contribution in [-0.2, 0) is 6.54 Å². The summed E-state index contributed by atoms with van der Waals surface area (Å²) in [5.74, 6) is 2.01. The average Bonchev–Trinajstić information content (AvgIpc) is 3.02. The molecule has 1 fully saturated rings. The summed E-state index contributed by atoms with van der Waals surface area (Å²) in [7, 11) is 0. The van der Waals surface area contributed by atoms with Crippen LogP contribution in [0.2, 0.25) is 0 Å². The molecule has 1 aliphatic carbocycles. The minimum absolute atomic E-state index is 0.829. The van der Waals surface area contributed by atoms with E-state index in [0.717, 1.165) is 37.8 Å². The van der Waals surface area contributed by atoms with Crippen molar-refractivity contribution in [2.45, 2.75) is 64.8 Å². The van der Waals surface area contributed by atoms with E-state index in [0.29, 0.717) is 0 Å². The van der Waals surface area contributed by atoms with Gasteiger partial charge in [-0.3, -0.25) is 0 Å². The zero-order valence-corrected chi connectivity index (χ0v) is 13.6. The molecule has 0 unspecified atom stereocenters. The van der Waals surface area contributed by atoms with E-state index in [9.17, 15) is 0 Å². The molecule has 0 amide bonds.